The number of rotatable bonds is 5. The Morgan fingerprint density at radius 1 is 1.21 bits per heavy atom. The lowest BCUT2D eigenvalue weighted by Gasteiger charge is -2.15. The van der Waals surface area contributed by atoms with Gasteiger partial charge in [-0.3, -0.25) is 0 Å². The molecule has 0 saturated carbocycles. The lowest BCUT2D eigenvalue weighted by atomic mass is 10.1. The summed E-state index contributed by atoms with van der Waals surface area (Å²) in [5.74, 6) is 0. The topological polar surface area (TPSA) is 41.1 Å². The van der Waals surface area contributed by atoms with Gasteiger partial charge in [-0.1, -0.05) is 55.1 Å². The van der Waals surface area contributed by atoms with E-state index in [1.807, 2.05) is 44.2 Å². The van der Waals surface area contributed by atoms with Gasteiger partial charge < -0.3 is 10.6 Å². The van der Waals surface area contributed by atoms with Crippen LogP contribution in [0, 0.1) is 0 Å². The van der Waals surface area contributed by atoms with Crippen LogP contribution in [0.4, 0.5) is 4.79 Å². The van der Waals surface area contributed by atoms with Crippen molar-refractivity contribution in [3.05, 3.63) is 72.5 Å². The summed E-state index contributed by atoms with van der Waals surface area (Å²) >= 11 is 0. The summed E-state index contributed by atoms with van der Waals surface area (Å²) in [5.41, 5.74) is 2.49. The van der Waals surface area contributed by atoms with E-state index in [9.17, 15) is 4.79 Å². The Bertz CT molecular complexity index is 489. The number of carbonyl (C=O) groups is 1. The fourth-order valence-electron chi connectivity index (χ4n) is 1.49. The zero-order chi connectivity index (χ0) is 14.3. The third-order valence-electron chi connectivity index (χ3n) is 2.49. The highest BCUT2D eigenvalue weighted by atomic mass is 16.2. The Balaban J connectivity index is 2.47. The predicted octanol–water partition coefficient (Wildman–Crippen LogP) is 3.69. The first-order valence-corrected chi connectivity index (χ1v) is 6.14. The molecule has 0 aliphatic heterocycles. The molecule has 0 saturated heterocycles. The van der Waals surface area contributed by atoms with Crippen LogP contribution in [0.1, 0.15) is 25.5 Å². The molecule has 2 amide bonds. The van der Waals surface area contributed by atoms with Gasteiger partial charge in [0, 0.05) is 5.70 Å². The summed E-state index contributed by atoms with van der Waals surface area (Å²) in [5, 5.41) is 5.51. The number of nitrogens with one attached hydrogen (secondary N) is 2. The van der Waals surface area contributed by atoms with Gasteiger partial charge in [-0.25, -0.2) is 4.79 Å². The Labute approximate surface area is 114 Å². The van der Waals surface area contributed by atoms with Crippen molar-refractivity contribution in [3.63, 3.8) is 0 Å². The van der Waals surface area contributed by atoms with Gasteiger partial charge in [0.15, 0.2) is 0 Å². The summed E-state index contributed by atoms with van der Waals surface area (Å²) in [6, 6.07) is 9.45. The second-order valence-electron chi connectivity index (χ2n) is 4.44. The van der Waals surface area contributed by atoms with Crippen LogP contribution in [-0.4, -0.2) is 6.03 Å². The number of hydrogen-bond donors (Lipinski definition) is 2. The summed E-state index contributed by atoms with van der Waals surface area (Å²) < 4.78 is 0. The van der Waals surface area contributed by atoms with E-state index in [1.54, 1.807) is 12.2 Å². The first-order chi connectivity index (χ1) is 8.99. The maximum absolute atomic E-state index is 11.7. The molecule has 0 fully saturated rings. The van der Waals surface area contributed by atoms with Crippen molar-refractivity contribution in [3.8, 4) is 0 Å². The molecule has 0 heterocycles. The maximum atomic E-state index is 11.7. The third-order valence-corrected chi connectivity index (χ3v) is 2.49. The SMILES string of the molecule is C=C(C)/C=C\C(=C)NC(=O)NC(C)c1ccccc1. The van der Waals surface area contributed by atoms with E-state index in [0.717, 1.165) is 11.1 Å². The minimum Gasteiger partial charge on any atom is -0.331 e. The van der Waals surface area contributed by atoms with Gasteiger partial charge in [0.25, 0.3) is 0 Å². The fraction of sp³-hybridized carbons (Fsp3) is 0.188. The van der Waals surface area contributed by atoms with Gasteiger partial charge in [-0.05, 0) is 25.5 Å². The van der Waals surface area contributed by atoms with Crippen molar-refractivity contribution in [2.45, 2.75) is 19.9 Å². The smallest absolute Gasteiger partial charge is 0.319 e. The van der Waals surface area contributed by atoms with Crippen molar-refractivity contribution in [2.75, 3.05) is 0 Å². The molecule has 0 spiro atoms. The average Bonchev–Trinajstić information content (AvgIpc) is 2.37. The van der Waals surface area contributed by atoms with Crippen LogP contribution in [0.25, 0.3) is 0 Å². The van der Waals surface area contributed by atoms with E-state index in [2.05, 4.69) is 23.8 Å². The highest BCUT2D eigenvalue weighted by molar-refractivity contribution is 5.76. The van der Waals surface area contributed by atoms with E-state index in [4.69, 9.17) is 0 Å². The van der Waals surface area contributed by atoms with Crippen LogP contribution in [-0.2, 0) is 0 Å². The Morgan fingerprint density at radius 3 is 2.42 bits per heavy atom. The molecule has 19 heavy (non-hydrogen) atoms. The lowest BCUT2D eigenvalue weighted by Crippen LogP contribution is -2.35. The number of carbonyl (C=O) groups excluding carboxylic acids is 1. The van der Waals surface area contributed by atoms with Crippen LogP contribution in [0.2, 0.25) is 0 Å². The molecule has 0 aromatic heterocycles. The van der Waals surface area contributed by atoms with E-state index in [0.29, 0.717) is 5.70 Å². The quantitative estimate of drug-likeness (QED) is 0.775. The van der Waals surface area contributed by atoms with Gasteiger partial charge in [0.2, 0.25) is 0 Å². The van der Waals surface area contributed by atoms with Crippen molar-refractivity contribution >= 4 is 6.03 Å². The summed E-state index contributed by atoms with van der Waals surface area (Å²) in [7, 11) is 0. The molecule has 1 atom stereocenters. The average molecular weight is 256 g/mol. The zero-order valence-corrected chi connectivity index (χ0v) is 11.4. The molecule has 0 radical (unpaired) electrons. The summed E-state index contributed by atoms with van der Waals surface area (Å²) in [4.78, 5) is 11.7. The van der Waals surface area contributed by atoms with Crippen LogP contribution in [0.15, 0.2) is 66.9 Å². The molecule has 2 N–H and O–H groups in total. The number of allylic oxidation sites excluding steroid dienone is 3. The molecule has 1 aromatic carbocycles. The molecular weight excluding hydrogens is 236 g/mol. The predicted molar refractivity (Wildman–Crippen MR) is 79.6 cm³/mol. The van der Waals surface area contributed by atoms with E-state index in [1.165, 1.54) is 0 Å². The lowest BCUT2D eigenvalue weighted by molar-refractivity contribution is 0.240. The third kappa shape index (κ3) is 5.73. The first-order valence-electron chi connectivity index (χ1n) is 6.14. The molecule has 0 aliphatic rings. The van der Waals surface area contributed by atoms with Gasteiger partial charge in [-0.15, -0.1) is 0 Å². The largest absolute Gasteiger partial charge is 0.331 e. The molecule has 1 aromatic rings. The molecular formula is C16H20N2O. The standard InChI is InChI=1S/C16H20N2O/c1-12(2)10-11-13(3)17-16(19)18-14(4)15-8-6-5-7-9-15/h5-11,14H,1,3H2,2,4H3,(H2,17,18,19)/b11-10-. The number of amides is 2. The van der Waals surface area contributed by atoms with Gasteiger partial charge in [-0.2, -0.15) is 0 Å². The highest BCUT2D eigenvalue weighted by Gasteiger charge is 2.08. The summed E-state index contributed by atoms with van der Waals surface area (Å²) in [6.45, 7) is 11.3. The number of benzene rings is 1. The highest BCUT2D eigenvalue weighted by Crippen LogP contribution is 2.10. The fourth-order valence-corrected chi connectivity index (χ4v) is 1.49. The molecule has 1 rings (SSSR count). The molecule has 1 unspecified atom stereocenters. The normalized spacial score (nSPS) is 11.9. The second kappa shape index (κ2) is 7.21. The van der Waals surface area contributed by atoms with E-state index >= 15 is 0 Å². The Hall–Kier alpha value is -2.29. The Kier molecular flexibility index (Phi) is 5.61. The van der Waals surface area contributed by atoms with Gasteiger partial charge in [0.05, 0.1) is 6.04 Å². The molecule has 100 valence electrons. The molecule has 3 nitrogen and oxygen atoms in total. The molecule has 3 heteroatoms. The zero-order valence-electron chi connectivity index (χ0n) is 11.4. The minimum atomic E-state index is -0.271. The summed E-state index contributed by atoms with van der Waals surface area (Å²) in [6.07, 6.45) is 3.51. The van der Waals surface area contributed by atoms with Crippen LogP contribution in [0.5, 0.6) is 0 Å². The van der Waals surface area contributed by atoms with Crippen molar-refractivity contribution in [1.82, 2.24) is 10.6 Å². The van der Waals surface area contributed by atoms with E-state index in [-0.39, 0.29) is 12.1 Å². The van der Waals surface area contributed by atoms with Crippen molar-refractivity contribution in [1.29, 1.82) is 0 Å². The van der Waals surface area contributed by atoms with Crippen LogP contribution in [0.3, 0.4) is 0 Å². The minimum absolute atomic E-state index is 0.0564. The van der Waals surface area contributed by atoms with Crippen LogP contribution < -0.4 is 10.6 Å². The van der Waals surface area contributed by atoms with Crippen molar-refractivity contribution < 1.29 is 4.79 Å². The molecule has 0 bridgehead atoms. The molecule has 0 aliphatic carbocycles. The Morgan fingerprint density at radius 2 is 1.84 bits per heavy atom. The van der Waals surface area contributed by atoms with Gasteiger partial charge >= 0.3 is 6.03 Å². The maximum Gasteiger partial charge on any atom is 0.319 e. The first kappa shape index (κ1) is 14.8. The van der Waals surface area contributed by atoms with Gasteiger partial charge in [0.1, 0.15) is 0 Å². The van der Waals surface area contributed by atoms with E-state index < -0.39 is 0 Å². The number of hydrogen-bond acceptors (Lipinski definition) is 1. The monoisotopic (exact) mass is 256 g/mol. The number of urea groups is 1. The van der Waals surface area contributed by atoms with Crippen molar-refractivity contribution in [2.24, 2.45) is 0 Å². The van der Waals surface area contributed by atoms with Crippen LogP contribution >= 0.6 is 0 Å². The second-order valence-corrected chi connectivity index (χ2v) is 4.44.